The van der Waals surface area contributed by atoms with Crippen LogP contribution in [0.1, 0.15) is 30.9 Å². The van der Waals surface area contributed by atoms with Gasteiger partial charge in [-0.1, -0.05) is 31.2 Å². The number of hydrogen-bond donors (Lipinski definition) is 2. The number of hydrogen-bond acceptors (Lipinski definition) is 2. The van der Waals surface area contributed by atoms with Crippen LogP contribution in [0.25, 0.3) is 0 Å². The highest BCUT2D eigenvalue weighted by atomic mass is 16.4. The minimum absolute atomic E-state index is 0.114. The normalized spacial score (nSPS) is 15.8. The molecule has 4 heteroatoms. The van der Waals surface area contributed by atoms with Gasteiger partial charge in [-0.05, 0) is 36.3 Å². The van der Waals surface area contributed by atoms with Crippen molar-refractivity contribution in [3.05, 3.63) is 35.4 Å². The second kappa shape index (κ2) is 5.87. The third kappa shape index (κ3) is 3.56. The summed E-state index contributed by atoms with van der Waals surface area (Å²) in [5.41, 5.74) is 2.11. The summed E-state index contributed by atoms with van der Waals surface area (Å²) in [5, 5.41) is 11.7. The molecule has 1 unspecified atom stereocenters. The molecule has 19 heavy (non-hydrogen) atoms. The lowest BCUT2D eigenvalue weighted by Gasteiger charge is -2.14. The number of carbonyl (C=O) groups is 2. The van der Waals surface area contributed by atoms with E-state index >= 15 is 0 Å². The number of amides is 1. The van der Waals surface area contributed by atoms with Crippen molar-refractivity contribution in [3.8, 4) is 0 Å². The molecule has 2 rings (SSSR count). The molecule has 2 N–H and O–H groups in total. The van der Waals surface area contributed by atoms with Crippen LogP contribution in [-0.2, 0) is 22.4 Å². The van der Waals surface area contributed by atoms with Crippen molar-refractivity contribution >= 4 is 11.9 Å². The topological polar surface area (TPSA) is 66.4 Å². The first-order chi connectivity index (χ1) is 9.11. The molecule has 1 aromatic rings. The Morgan fingerprint density at radius 1 is 1.32 bits per heavy atom. The van der Waals surface area contributed by atoms with Gasteiger partial charge in [-0.3, -0.25) is 4.79 Å². The zero-order valence-corrected chi connectivity index (χ0v) is 11.1. The Hall–Kier alpha value is -1.84. The Bertz CT molecular complexity index is 480. The number of aliphatic carboxylic acids is 1. The number of aryl methyl sites for hydroxylation is 1. The van der Waals surface area contributed by atoms with Gasteiger partial charge in [-0.15, -0.1) is 0 Å². The summed E-state index contributed by atoms with van der Waals surface area (Å²) in [4.78, 5) is 23.0. The van der Waals surface area contributed by atoms with Crippen LogP contribution in [-0.4, -0.2) is 23.0 Å². The largest absolute Gasteiger partial charge is 0.480 e. The van der Waals surface area contributed by atoms with Crippen LogP contribution in [0.2, 0.25) is 0 Å². The van der Waals surface area contributed by atoms with Gasteiger partial charge in [-0.2, -0.15) is 0 Å². The molecule has 1 amide bonds. The van der Waals surface area contributed by atoms with Gasteiger partial charge in [0.25, 0.3) is 0 Å². The minimum Gasteiger partial charge on any atom is -0.480 e. The molecule has 1 saturated carbocycles. The highest BCUT2D eigenvalue weighted by Gasteiger charge is 2.37. The number of carboxylic acid groups (broad SMARTS) is 1. The van der Waals surface area contributed by atoms with Crippen molar-refractivity contribution in [1.82, 2.24) is 5.32 Å². The lowest BCUT2D eigenvalue weighted by Crippen LogP contribution is -2.43. The van der Waals surface area contributed by atoms with Gasteiger partial charge >= 0.3 is 5.97 Å². The standard InChI is InChI=1S/C15H19NO3/c1-2-10-5-3-4-6-12(10)9-13(17)16-14(15(18)19)11-7-8-11/h3-6,11,14H,2,7-9H2,1H3,(H,16,17)(H,18,19). The highest BCUT2D eigenvalue weighted by Crippen LogP contribution is 2.32. The lowest BCUT2D eigenvalue weighted by atomic mass is 10.0. The van der Waals surface area contributed by atoms with Crippen LogP contribution in [0.3, 0.4) is 0 Å². The van der Waals surface area contributed by atoms with Crippen molar-refractivity contribution in [3.63, 3.8) is 0 Å². The summed E-state index contributed by atoms with van der Waals surface area (Å²) in [6, 6.07) is 7.05. The molecule has 0 spiro atoms. The van der Waals surface area contributed by atoms with Crippen LogP contribution in [0.15, 0.2) is 24.3 Å². The second-order valence-corrected chi connectivity index (χ2v) is 5.02. The van der Waals surface area contributed by atoms with E-state index in [1.807, 2.05) is 31.2 Å². The number of carbonyl (C=O) groups excluding carboxylic acids is 1. The quantitative estimate of drug-likeness (QED) is 0.820. The van der Waals surface area contributed by atoms with E-state index in [1.165, 1.54) is 0 Å². The van der Waals surface area contributed by atoms with E-state index in [-0.39, 0.29) is 18.2 Å². The summed E-state index contributed by atoms with van der Waals surface area (Å²) < 4.78 is 0. The molecule has 0 saturated heterocycles. The van der Waals surface area contributed by atoms with Crippen molar-refractivity contribution in [1.29, 1.82) is 0 Å². The minimum atomic E-state index is -0.931. The SMILES string of the molecule is CCc1ccccc1CC(=O)NC(C(=O)O)C1CC1. The first kappa shape index (κ1) is 13.6. The predicted octanol–water partition coefficient (Wildman–Crippen LogP) is 1.77. The molecular formula is C15H19NO3. The average molecular weight is 261 g/mol. The van der Waals surface area contributed by atoms with Gasteiger partial charge in [0.1, 0.15) is 6.04 Å². The summed E-state index contributed by atoms with van der Waals surface area (Å²) in [7, 11) is 0. The molecule has 0 aromatic heterocycles. The van der Waals surface area contributed by atoms with Crippen LogP contribution in [0.4, 0.5) is 0 Å². The first-order valence-corrected chi connectivity index (χ1v) is 6.70. The molecule has 0 radical (unpaired) electrons. The molecule has 0 aliphatic heterocycles. The number of nitrogens with one attached hydrogen (secondary N) is 1. The zero-order chi connectivity index (χ0) is 13.8. The van der Waals surface area contributed by atoms with Crippen LogP contribution in [0, 0.1) is 5.92 Å². The third-order valence-corrected chi connectivity index (χ3v) is 3.53. The lowest BCUT2D eigenvalue weighted by molar-refractivity contribution is -0.142. The highest BCUT2D eigenvalue weighted by molar-refractivity contribution is 5.85. The summed E-state index contributed by atoms with van der Waals surface area (Å²) in [6.07, 6.45) is 2.90. The van der Waals surface area contributed by atoms with Gasteiger partial charge in [0, 0.05) is 0 Å². The second-order valence-electron chi connectivity index (χ2n) is 5.02. The van der Waals surface area contributed by atoms with Crippen LogP contribution < -0.4 is 5.32 Å². The summed E-state index contributed by atoms with van der Waals surface area (Å²) >= 11 is 0. The average Bonchev–Trinajstić information content (AvgIpc) is 3.20. The summed E-state index contributed by atoms with van der Waals surface area (Å²) in [5.74, 6) is -1.03. The Labute approximate surface area is 112 Å². The predicted molar refractivity (Wildman–Crippen MR) is 71.8 cm³/mol. The Balaban J connectivity index is 1.98. The molecule has 1 aliphatic carbocycles. The van der Waals surface area contributed by atoms with Gasteiger partial charge in [0.2, 0.25) is 5.91 Å². The molecule has 1 atom stereocenters. The number of carboxylic acids is 1. The maximum Gasteiger partial charge on any atom is 0.326 e. The van der Waals surface area contributed by atoms with Crippen molar-refractivity contribution in [2.75, 3.05) is 0 Å². The van der Waals surface area contributed by atoms with E-state index in [4.69, 9.17) is 5.11 Å². The molecule has 0 bridgehead atoms. The maximum absolute atomic E-state index is 12.0. The maximum atomic E-state index is 12.0. The molecule has 0 heterocycles. The van der Waals surface area contributed by atoms with Crippen LogP contribution >= 0.6 is 0 Å². The molecule has 102 valence electrons. The van der Waals surface area contributed by atoms with E-state index in [1.54, 1.807) is 0 Å². The molecule has 1 aromatic carbocycles. The van der Waals surface area contributed by atoms with Crippen molar-refractivity contribution < 1.29 is 14.7 Å². The fraction of sp³-hybridized carbons (Fsp3) is 0.467. The van der Waals surface area contributed by atoms with E-state index in [0.717, 1.165) is 30.4 Å². The van der Waals surface area contributed by atoms with Gasteiger partial charge in [0.15, 0.2) is 0 Å². The fourth-order valence-electron chi connectivity index (χ4n) is 2.28. The van der Waals surface area contributed by atoms with E-state index in [0.29, 0.717) is 0 Å². The summed E-state index contributed by atoms with van der Waals surface area (Å²) in [6.45, 7) is 2.04. The van der Waals surface area contributed by atoms with Gasteiger partial charge in [0.05, 0.1) is 6.42 Å². The van der Waals surface area contributed by atoms with E-state index in [2.05, 4.69) is 5.32 Å². The van der Waals surface area contributed by atoms with Gasteiger partial charge in [-0.25, -0.2) is 4.79 Å². The zero-order valence-electron chi connectivity index (χ0n) is 11.1. The van der Waals surface area contributed by atoms with Crippen molar-refractivity contribution in [2.24, 2.45) is 5.92 Å². The number of benzene rings is 1. The van der Waals surface area contributed by atoms with Crippen molar-refractivity contribution in [2.45, 2.75) is 38.6 Å². The third-order valence-electron chi connectivity index (χ3n) is 3.53. The monoisotopic (exact) mass is 261 g/mol. The van der Waals surface area contributed by atoms with E-state index in [9.17, 15) is 9.59 Å². The van der Waals surface area contributed by atoms with E-state index < -0.39 is 12.0 Å². The first-order valence-electron chi connectivity index (χ1n) is 6.70. The smallest absolute Gasteiger partial charge is 0.326 e. The molecular weight excluding hydrogens is 242 g/mol. The van der Waals surface area contributed by atoms with Crippen LogP contribution in [0.5, 0.6) is 0 Å². The van der Waals surface area contributed by atoms with Gasteiger partial charge < -0.3 is 10.4 Å². The molecule has 1 aliphatic rings. The fourth-order valence-corrected chi connectivity index (χ4v) is 2.28. The number of rotatable bonds is 6. The Morgan fingerprint density at radius 2 is 1.95 bits per heavy atom. The Kier molecular flexibility index (Phi) is 4.20. The molecule has 4 nitrogen and oxygen atoms in total. The Morgan fingerprint density at radius 3 is 2.47 bits per heavy atom. The molecule has 1 fully saturated rings.